The molecule has 0 aromatic carbocycles. The molecule has 0 aliphatic carbocycles. The van der Waals surface area contributed by atoms with Gasteiger partial charge in [-0.3, -0.25) is 9.05 Å². The molecule has 0 rings (SSSR count). The highest BCUT2D eigenvalue weighted by Crippen LogP contribution is 2.47. The smallest absolute Gasteiger partial charge is 0.463 e. The Labute approximate surface area is 82.4 Å². The summed E-state index contributed by atoms with van der Waals surface area (Å²) in [7, 11) is -1.21. The molecular formula is C7H13O6P. The predicted molar refractivity (Wildman–Crippen MR) is 48.5 cm³/mol. The van der Waals surface area contributed by atoms with Crippen LogP contribution in [0.1, 0.15) is 6.92 Å². The molecule has 0 heterocycles. The number of carbonyl (C=O) groups is 1. The summed E-state index contributed by atoms with van der Waals surface area (Å²) in [4.78, 5) is 10.7. The quantitative estimate of drug-likeness (QED) is 0.294. The fourth-order valence-electron chi connectivity index (χ4n) is 0.511. The fourth-order valence-corrected chi connectivity index (χ4v) is 1.04. The Kier molecular flexibility index (Phi) is 6.19. The first kappa shape index (κ1) is 13.2. The summed E-state index contributed by atoms with van der Waals surface area (Å²) < 4.78 is 29.2. The predicted octanol–water partition coefficient (Wildman–Crippen LogP) is 1.48. The number of phosphoric acid groups is 1. The van der Waals surface area contributed by atoms with Crippen LogP contribution in [0, 0.1) is 0 Å². The topological polar surface area (TPSA) is 71.1 Å². The average molecular weight is 224 g/mol. The number of phosphoric ester groups is 1. The van der Waals surface area contributed by atoms with Gasteiger partial charge in [-0.1, -0.05) is 0 Å². The first-order valence-corrected chi connectivity index (χ1v) is 5.27. The van der Waals surface area contributed by atoms with Crippen molar-refractivity contribution in [2.75, 3.05) is 20.8 Å². The highest BCUT2D eigenvalue weighted by atomic mass is 31.2. The van der Waals surface area contributed by atoms with E-state index in [4.69, 9.17) is 0 Å². The van der Waals surface area contributed by atoms with E-state index >= 15 is 0 Å². The van der Waals surface area contributed by atoms with E-state index in [0.29, 0.717) is 0 Å². The van der Waals surface area contributed by atoms with Gasteiger partial charge in [-0.05, 0) is 6.92 Å². The van der Waals surface area contributed by atoms with E-state index in [2.05, 4.69) is 18.3 Å². The maximum atomic E-state index is 11.2. The Bertz CT molecular complexity index is 241. The van der Waals surface area contributed by atoms with Crippen molar-refractivity contribution in [2.45, 2.75) is 6.92 Å². The Balaban J connectivity index is 4.03. The van der Waals surface area contributed by atoms with Crippen molar-refractivity contribution < 1.29 is 27.7 Å². The minimum atomic E-state index is -3.55. The SMILES string of the molecule is CCOC(=O)C=COP(=O)(OC)OC. The average Bonchev–Trinajstić information content (AvgIpc) is 2.18. The van der Waals surface area contributed by atoms with Gasteiger partial charge in [-0.2, -0.15) is 0 Å². The van der Waals surface area contributed by atoms with E-state index in [-0.39, 0.29) is 6.61 Å². The van der Waals surface area contributed by atoms with Crippen LogP contribution in [0.2, 0.25) is 0 Å². The van der Waals surface area contributed by atoms with Crippen LogP contribution in [0.25, 0.3) is 0 Å². The van der Waals surface area contributed by atoms with Crippen LogP contribution in [0.4, 0.5) is 0 Å². The Morgan fingerprint density at radius 2 is 1.93 bits per heavy atom. The molecule has 0 spiro atoms. The molecule has 82 valence electrons. The van der Waals surface area contributed by atoms with Gasteiger partial charge in [0.05, 0.1) is 12.7 Å². The van der Waals surface area contributed by atoms with Crippen LogP contribution < -0.4 is 0 Å². The molecule has 6 nitrogen and oxygen atoms in total. The first-order chi connectivity index (χ1) is 6.58. The summed E-state index contributed by atoms with van der Waals surface area (Å²) in [6, 6.07) is 0. The Morgan fingerprint density at radius 1 is 1.36 bits per heavy atom. The van der Waals surface area contributed by atoms with Crippen LogP contribution in [-0.4, -0.2) is 26.8 Å². The van der Waals surface area contributed by atoms with E-state index in [0.717, 1.165) is 12.3 Å². The highest BCUT2D eigenvalue weighted by Gasteiger charge is 2.21. The van der Waals surface area contributed by atoms with Gasteiger partial charge in [-0.15, -0.1) is 0 Å². The second-order valence-electron chi connectivity index (χ2n) is 1.97. The van der Waals surface area contributed by atoms with Gasteiger partial charge in [0.25, 0.3) is 0 Å². The van der Waals surface area contributed by atoms with Crippen molar-refractivity contribution in [3.8, 4) is 0 Å². The lowest BCUT2D eigenvalue weighted by Crippen LogP contribution is -1.99. The summed E-state index contributed by atoms with van der Waals surface area (Å²) in [5.41, 5.74) is 0. The third-order valence-electron chi connectivity index (χ3n) is 1.13. The van der Waals surface area contributed by atoms with E-state index in [1.165, 1.54) is 14.2 Å². The van der Waals surface area contributed by atoms with Crippen LogP contribution in [0.15, 0.2) is 12.3 Å². The molecule has 0 saturated carbocycles. The molecule has 0 saturated heterocycles. The maximum Gasteiger partial charge on any atom is 0.528 e. The molecule has 0 aliphatic heterocycles. The van der Waals surface area contributed by atoms with E-state index < -0.39 is 13.8 Å². The van der Waals surface area contributed by atoms with Crippen molar-refractivity contribution >= 4 is 13.8 Å². The zero-order valence-electron chi connectivity index (χ0n) is 8.26. The van der Waals surface area contributed by atoms with Gasteiger partial charge in [-0.25, -0.2) is 9.36 Å². The van der Waals surface area contributed by atoms with Crippen molar-refractivity contribution in [3.05, 3.63) is 12.3 Å². The van der Waals surface area contributed by atoms with Crippen molar-refractivity contribution in [1.29, 1.82) is 0 Å². The lowest BCUT2D eigenvalue weighted by molar-refractivity contribution is -0.137. The monoisotopic (exact) mass is 224 g/mol. The molecule has 0 bridgehead atoms. The minimum absolute atomic E-state index is 0.259. The van der Waals surface area contributed by atoms with Crippen molar-refractivity contribution in [1.82, 2.24) is 0 Å². The summed E-state index contributed by atoms with van der Waals surface area (Å²) in [6.45, 7) is 1.93. The largest absolute Gasteiger partial charge is 0.528 e. The zero-order chi connectivity index (χ0) is 11.0. The number of rotatable bonds is 6. The van der Waals surface area contributed by atoms with E-state index in [9.17, 15) is 9.36 Å². The second-order valence-corrected chi connectivity index (χ2v) is 3.81. The highest BCUT2D eigenvalue weighted by molar-refractivity contribution is 7.48. The van der Waals surface area contributed by atoms with Crippen LogP contribution in [0.5, 0.6) is 0 Å². The van der Waals surface area contributed by atoms with Crippen LogP contribution >= 0.6 is 7.82 Å². The normalized spacial score (nSPS) is 11.6. The molecule has 0 fully saturated rings. The molecule has 0 amide bonds. The van der Waals surface area contributed by atoms with Gasteiger partial charge >= 0.3 is 13.8 Å². The van der Waals surface area contributed by atoms with Gasteiger partial charge in [0, 0.05) is 14.2 Å². The summed E-state index contributed by atoms with van der Waals surface area (Å²) in [6.07, 6.45) is 1.89. The third kappa shape index (κ3) is 5.01. The number of esters is 1. The lowest BCUT2D eigenvalue weighted by atomic mass is 10.6. The number of carbonyl (C=O) groups excluding carboxylic acids is 1. The molecule has 0 aromatic heterocycles. The van der Waals surface area contributed by atoms with Crippen LogP contribution in [-0.2, 0) is 27.7 Å². The maximum absolute atomic E-state index is 11.2. The summed E-state index contributed by atoms with van der Waals surface area (Å²) in [5.74, 6) is -0.591. The van der Waals surface area contributed by atoms with Crippen molar-refractivity contribution in [3.63, 3.8) is 0 Å². The molecule has 7 heteroatoms. The van der Waals surface area contributed by atoms with E-state index in [1.54, 1.807) is 6.92 Å². The molecule has 14 heavy (non-hydrogen) atoms. The minimum Gasteiger partial charge on any atom is -0.463 e. The van der Waals surface area contributed by atoms with Crippen LogP contribution in [0.3, 0.4) is 0 Å². The summed E-state index contributed by atoms with van der Waals surface area (Å²) in [5, 5.41) is 0. The standard InChI is InChI=1S/C7H13O6P/c1-4-12-7(8)5-6-13-14(9,10-2)11-3/h5-6H,4H2,1-3H3. The van der Waals surface area contributed by atoms with E-state index in [1.807, 2.05) is 0 Å². The number of ether oxygens (including phenoxy) is 1. The molecular weight excluding hydrogens is 211 g/mol. The molecule has 0 atom stereocenters. The Morgan fingerprint density at radius 3 is 2.36 bits per heavy atom. The summed E-state index contributed by atoms with van der Waals surface area (Å²) >= 11 is 0. The fraction of sp³-hybridized carbons (Fsp3) is 0.571. The second kappa shape index (κ2) is 6.59. The van der Waals surface area contributed by atoms with Gasteiger partial charge in [0.2, 0.25) is 0 Å². The number of hydrogen-bond acceptors (Lipinski definition) is 6. The number of hydrogen-bond donors (Lipinski definition) is 0. The van der Waals surface area contributed by atoms with Gasteiger partial charge in [0.15, 0.2) is 0 Å². The zero-order valence-corrected chi connectivity index (χ0v) is 9.15. The molecule has 0 N–H and O–H groups in total. The first-order valence-electron chi connectivity index (χ1n) is 3.81. The molecule has 0 aromatic rings. The lowest BCUT2D eigenvalue weighted by Gasteiger charge is -2.10. The van der Waals surface area contributed by atoms with Crippen molar-refractivity contribution in [2.24, 2.45) is 0 Å². The molecule has 0 radical (unpaired) electrons. The third-order valence-corrected chi connectivity index (χ3v) is 2.40. The Hall–Kier alpha value is -0.840. The van der Waals surface area contributed by atoms with Gasteiger partial charge in [0.1, 0.15) is 6.26 Å². The van der Waals surface area contributed by atoms with Gasteiger partial charge < -0.3 is 9.26 Å². The molecule has 0 aliphatic rings. The molecule has 0 unspecified atom stereocenters.